The van der Waals surface area contributed by atoms with Gasteiger partial charge in [0.2, 0.25) is 0 Å². The highest BCUT2D eigenvalue weighted by Gasteiger charge is 2.52. The van der Waals surface area contributed by atoms with Crippen LogP contribution >= 0.6 is 0 Å². The number of carbonyl (C=O) groups excluding carboxylic acids is 2. The number of Topliss-reactive ketones (excluding diaryl/α,β-unsaturated/α-hetero) is 1. The molecule has 0 amide bonds. The zero-order valence-electron chi connectivity index (χ0n) is 15.8. The van der Waals surface area contributed by atoms with Gasteiger partial charge in [-0.3, -0.25) is 4.79 Å². The van der Waals surface area contributed by atoms with E-state index in [2.05, 4.69) is 40.4 Å². The van der Waals surface area contributed by atoms with Gasteiger partial charge in [-0.25, -0.2) is 4.79 Å². The zero-order valence-corrected chi connectivity index (χ0v) is 16.8. The van der Waals surface area contributed by atoms with Gasteiger partial charge in [-0.1, -0.05) is 26.8 Å². The average Bonchev–Trinajstić information content (AvgIpc) is 2.46. The molecule has 5 nitrogen and oxygen atoms in total. The van der Waals surface area contributed by atoms with Crippen molar-refractivity contribution in [2.75, 3.05) is 7.11 Å². The van der Waals surface area contributed by atoms with E-state index in [0.29, 0.717) is 12.8 Å². The Labute approximate surface area is 146 Å². The Morgan fingerprint density at radius 2 is 2.00 bits per heavy atom. The molecule has 138 valence electrons. The van der Waals surface area contributed by atoms with E-state index >= 15 is 0 Å². The van der Waals surface area contributed by atoms with E-state index in [-0.39, 0.29) is 23.7 Å². The maximum atomic E-state index is 12.8. The Morgan fingerprint density at radius 1 is 1.42 bits per heavy atom. The molecule has 1 saturated carbocycles. The normalized spacial score (nSPS) is 28.5. The van der Waals surface area contributed by atoms with E-state index in [1.54, 1.807) is 6.08 Å². The second kappa shape index (κ2) is 7.50. The number of methoxy groups -OCH3 is 1. The minimum atomic E-state index is -2.21. The van der Waals surface area contributed by atoms with Crippen LogP contribution in [0.4, 0.5) is 0 Å². The number of carbonyl (C=O) groups is 2. The molecular weight excluding hydrogens is 324 g/mol. The summed E-state index contributed by atoms with van der Waals surface area (Å²) in [6.07, 6.45) is 2.24. The smallest absolute Gasteiger partial charge is 0.337 e. The van der Waals surface area contributed by atoms with Crippen LogP contribution in [0.15, 0.2) is 12.7 Å². The van der Waals surface area contributed by atoms with E-state index in [9.17, 15) is 14.7 Å². The van der Waals surface area contributed by atoms with Crippen molar-refractivity contribution in [3.05, 3.63) is 12.7 Å². The third-order valence-electron chi connectivity index (χ3n) is 5.35. The maximum Gasteiger partial charge on any atom is 0.337 e. The molecule has 0 heterocycles. The van der Waals surface area contributed by atoms with Crippen molar-refractivity contribution in [1.82, 2.24) is 0 Å². The highest BCUT2D eigenvalue weighted by molar-refractivity contribution is 6.74. The summed E-state index contributed by atoms with van der Waals surface area (Å²) in [5, 5.41) is 10.7. The van der Waals surface area contributed by atoms with Gasteiger partial charge >= 0.3 is 5.97 Å². The molecule has 6 heteroatoms. The van der Waals surface area contributed by atoms with Crippen molar-refractivity contribution in [3.63, 3.8) is 0 Å². The predicted octanol–water partition coefficient (Wildman–Crippen LogP) is 3.23. The molecule has 0 aliphatic heterocycles. The van der Waals surface area contributed by atoms with Crippen molar-refractivity contribution in [2.24, 2.45) is 5.92 Å². The summed E-state index contributed by atoms with van der Waals surface area (Å²) >= 11 is 0. The molecule has 0 aromatic rings. The van der Waals surface area contributed by atoms with Crippen LogP contribution in [0.1, 0.15) is 46.5 Å². The lowest BCUT2D eigenvalue weighted by molar-refractivity contribution is -0.174. The van der Waals surface area contributed by atoms with Crippen LogP contribution in [-0.4, -0.2) is 44.0 Å². The monoisotopic (exact) mass is 356 g/mol. The third-order valence-corrected chi connectivity index (χ3v) is 9.84. The standard InChI is InChI=1S/C18H32O5Si/c1-8-9-10-13-11-18(21,16(20)22-5)12-14(15(13)19)23-24(6,7)17(2,3)4/h8,13-14,21H,1,9-12H2,2-7H3. The van der Waals surface area contributed by atoms with Crippen LogP contribution in [0, 0.1) is 5.92 Å². The molecule has 0 saturated heterocycles. The number of ether oxygens (including phenoxy) is 1. The summed E-state index contributed by atoms with van der Waals surface area (Å²) in [5.41, 5.74) is -1.67. The highest BCUT2D eigenvalue weighted by atomic mass is 28.4. The van der Waals surface area contributed by atoms with Gasteiger partial charge in [0.1, 0.15) is 6.10 Å². The summed E-state index contributed by atoms with van der Waals surface area (Å²) in [6, 6.07) is 0. The first-order valence-corrected chi connectivity index (χ1v) is 11.4. The predicted molar refractivity (Wildman–Crippen MR) is 96.2 cm³/mol. The second-order valence-corrected chi connectivity index (χ2v) is 13.0. The Hall–Kier alpha value is -0.983. The van der Waals surface area contributed by atoms with Gasteiger partial charge in [0.05, 0.1) is 7.11 Å². The van der Waals surface area contributed by atoms with Crippen molar-refractivity contribution in [3.8, 4) is 0 Å². The molecule has 1 aliphatic rings. The molecule has 1 rings (SSSR count). The lowest BCUT2D eigenvalue weighted by atomic mass is 9.74. The Morgan fingerprint density at radius 3 is 2.46 bits per heavy atom. The van der Waals surface area contributed by atoms with Gasteiger partial charge in [0, 0.05) is 12.3 Å². The number of aliphatic hydroxyl groups is 1. The molecule has 0 aromatic heterocycles. The van der Waals surface area contributed by atoms with Crippen LogP contribution in [0.5, 0.6) is 0 Å². The Balaban J connectivity index is 3.10. The molecule has 0 spiro atoms. The van der Waals surface area contributed by atoms with E-state index in [1.165, 1.54) is 7.11 Å². The van der Waals surface area contributed by atoms with Gasteiger partial charge in [-0.05, 0) is 37.4 Å². The second-order valence-electron chi connectivity index (χ2n) is 8.26. The highest BCUT2D eigenvalue weighted by Crippen LogP contribution is 2.41. The minimum absolute atomic E-state index is 0.0183. The largest absolute Gasteiger partial charge is 0.467 e. The van der Waals surface area contributed by atoms with Gasteiger partial charge in [-0.15, -0.1) is 6.58 Å². The fraction of sp³-hybridized carbons (Fsp3) is 0.778. The fourth-order valence-corrected chi connectivity index (χ4v) is 4.08. The topological polar surface area (TPSA) is 72.8 Å². The summed E-state index contributed by atoms with van der Waals surface area (Å²) < 4.78 is 11.0. The molecule has 0 radical (unpaired) electrons. The Bertz CT molecular complexity index is 494. The number of esters is 1. The molecule has 1 N–H and O–H groups in total. The molecule has 1 aliphatic carbocycles. The first kappa shape index (κ1) is 21.1. The van der Waals surface area contributed by atoms with Crippen LogP contribution in [-0.2, 0) is 18.8 Å². The van der Waals surface area contributed by atoms with Crippen LogP contribution in [0.25, 0.3) is 0 Å². The first-order valence-electron chi connectivity index (χ1n) is 8.51. The first-order chi connectivity index (χ1) is 10.9. The number of hydrogen-bond donors (Lipinski definition) is 1. The number of allylic oxidation sites excluding steroid dienone is 1. The molecule has 0 aromatic carbocycles. The van der Waals surface area contributed by atoms with E-state index in [0.717, 1.165) is 0 Å². The van der Waals surface area contributed by atoms with Crippen LogP contribution < -0.4 is 0 Å². The van der Waals surface area contributed by atoms with Gasteiger partial charge < -0.3 is 14.3 Å². The van der Waals surface area contributed by atoms with E-state index in [1.807, 2.05) is 0 Å². The lowest BCUT2D eigenvalue weighted by Gasteiger charge is -2.44. The van der Waals surface area contributed by atoms with E-state index in [4.69, 9.17) is 9.16 Å². The van der Waals surface area contributed by atoms with Crippen LogP contribution in [0.3, 0.4) is 0 Å². The number of ketones is 1. The van der Waals surface area contributed by atoms with Crippen molar-refractivity contribution in [1.29, 1.82) is 0 Å². The molecule has 1 fully saturated rings. The minimum Gasteiger partial charge on any atom is -0.467 e. The SMILES string of the molecule is C=CCCC1CC(O)(C(=O)OC)CC(O[Si](C)(C)C(C)(C)C)C1=O. The third kappa shape index (κ3) is 4.55. The van der Waals surface area contributed by atoms with E-state index < -0.39 is 31.9 Å². The molecule has 3 atom stereocenters. The van der Waals surface area contributed by atoms with Crippen LogP contribution in [0.2, 0.25) is 18.1 Å². The van der Waals surface area contributed by atoms with Crippen molar-refractivity contribution >= 4 is 20.1 Å². The average molecular weight is 357 g/mol. The Kier molecular flexibility index (Phi) is 6.58. The number of hydrogen-bond acceptors (Lipinski definition) is 5. The van der Waals surface area contributed by atoms with Gasteiger partial charge in [0.25, 0.3) is 0 Å². The summed E-state index contributed by atoms with van der Waals surface area (Å²) in [6.45, 7) is 14.1. The molecule has 24 heavy (non-hydrogen) atoms. The molecular formula is C18H32O5Si. The number of rotatable bonds is 6. The van der Waals surface area contributed by atoms with Crippen molar-refractivity contribution in [2.45, 2.75) is 76.3 Å². The summed E-state index contributed by atoms with van der Waals surface area (Å²) in [7, 11) is -0.957. The summed E-state index contributed by atoms with van der Waals surface area (Å²) in [5.74, 6) is -1.13. The fourth-order valence-electron chi connectivity index (χ4n) is 2.81. The molecule has 0 bridgehead atoms. The zero-order chi connectivity index (χ0) is 18.8. The quantitative estimate of drug-likeness (QED) is 0.449. The lowest BCUT2D eigenvalue weighted by Crippen LogP contribution is -2.56. The van der Waals surface area contributed by atoms with Crippen molar-refractivity contribution < 1.29 is 23.9 Å². The van der Waals surface area contributed by atoms with Gasteiger partial charge in [0.15, 0.2) is 19.7 Å². The van der Waals surface area contributed by atoms with Gasteiger partial charge in [-0.2, -0.15) is 0 Å². The maximum absolute atomic E-state index is 12.8. The summed E-state index contributed by atoms with van der Waals surface area (Å²) in [4.78, 5) is 24.9. The molecule has 3 unspecified atom stereocenters.